The Balaban J connectivity index is 2.10. The van der Waals surface area contributed by atoms with Crippen molar-refractivity contribution in [2.75, 3.05) is 6.54 Å². The van der Waals surface area contributed by atoms with Gasteiger partial charge in [-0.05, 0) is 51.1 Å². The van der Waals surface area contributed by atoms with Crippen LogP contribution in [0.2, 0.25) is 0 Å². The van der Waals surface area contributed by atoms with Gasteiger partial charge in [0.2, 0.25) is 0 Å². The van der Waals surface area contributed by atoms with Crippen molar-refractivity contribution in [1.29, 1.82) is 0 Å². The van der Waals surface area contributed by atoms with E-state index in [-0.39, 0.29) is 18.0 Å². The maximum Gasteiger partial charge on any atom is 0.127 e. The third-order valence-electron chi connectivity index (χ3n) is 4.21. The van der Waals surface area contributed by atoms with Gasteiger partial charge >= 0.3 is 0 Å². The molecule has 2 nitrogen and oxygen atoms in total. The van der Waals surface area contributed by atoms with Crippen LogP contribution in [-0.4, -0.2) is 12.6 Å². The highest BCUT2D eigenvalue weighted by Gasteiger charge is 2.21. The molecule has 2 rings (SSSR count). The number of benzene rings is 1. The van der Waals surface area contributed by atoms with Crippen molar-refractivity contribution in [3.8, 4) is 5.75 Å². The zero-order valence-corrected chi connectivity index (χ0v) is 12.8. The summed E-state index contributed by atoms with van der Waals surface area (Å²) in [7, 11) is 0. The van der Waals surface area contributed by atoms with Crippen molar-refractivity contribution < 1.29 is 9.13 Å². The molecule has 1 aliphatic rings. The predicted octanol–water partition coefficient (Wildman–Crippen LogP) is 4.45. The summed E-state index contributed by atoms with van der Waals surface area (Å²) < 4.78 is 19.6. The van der Waals surface area contributed by atoms with Crippen LogP contribution in [0.15, 0.2) is 18.2 Å². The summed E-state index contributed by atoms with van der Waals surface area (Å²) >= 11 is 0. The Morgan fingerprint density at radius 3 is 2.65 bits per heavy atom. The second-order valence-corrected chi connectivity index (χ2v) is 5.96. The van der Waals surface area contributed by atoms with E-state index in [1.165, 1.54) is 25.0 Å². The summed E-state index contributed by atoms with van der Waals surface area (Å²) in [5.74, 6) is 1.28. The number of ether oxygens (including phenoxy) is 1. The lowest BCUT2D eigenvalue weighted by atomic mass is 9.89. The van der Waals surface area contributed by atoms with E-state index in [9.17, 15) is 4.39 Å². The monoisotopic (exact) mass is 279 g/mol. The van der Waals surface area contributed by atoms with Gasteiger partial charge in [0.05, 0.1) is 6.10 Å². The summed E-state index contributed by atoms with van der Waals surface area (Å²) in [6.45, 7) is 7.34. The molecule has 1 unspecified atom stereocenters. The zero-order valence-electron chi connectivity index (χ0n) is 12.8. The quantitative estimate of drug-likeness (QED) is 0.859. The molecule has 1 aliphatic carbocycles. The van der Waals surface area contributed by atoms with Gasteiger partial charge in [-0.1, -0.05) is 19.9 Å². The van der Waals surface area contributed by atoms with Gasteiger partial charge in [-0.15, -0.1) is 0 Å². The molecule has 0 aromatic heterocycles. The van der Waals surface area contributed by atoms with E-state index in [1.54, 1.807) is 0 Å². The number of hydrogen-bond donors (Lipinski definition) is 1. The Morgan fingerprint density at radius 1 is 1.30 bits per heavy atom. The Labute approximate surface area is 121 Å². The number of halogens is 1. The first-order valence-corrected chi connectivity index (χ1v) is 7.79. The highest BCUT2D eigenvalue weighted by molar-refractivity contribution is 5.36. The molecule has 1 aromatic rings. The van der Waals surface area contributed by atoms with Crippen LogP contribution in [0, 0.1) is 11.7 Å². The molecule has 0 radical (unpaired) electrons. The van der Waals surface area contributed by atoms with Gasteiger partial charge in [-0.3, -0.25) is 0 Å². The molecule has 1 atom stereocenters. The fourth-order valence-corrected chi connectivity index (χ4v) is 2.91. The van der Waals surface area contributed by atoms with Crippen LogP contribution >= 0.6 is 0 Å². The molecular formula is C17H26FNO. The van der Waals surface area contributed by atoms with E-state index in [0.717, 1.165) is 30.9 Å². The van der Waals surface area contributed by atoms with Crippen LogP contribution in [0.4, 0.5) is 4.39 Å². The standard InChI is InChI=1S/C17H26FNO/c1-4-19-13(3)16-10-7-14(18)11-17(16)20-15-8-5-12(2)6-9-15/h7,10-13,15,19H,4-6,8-9H2,1-3H3. The van der Waals surface area contributed by atoms with Crippen LogP contribution in [0.25, 0.3) is 0 Å². The van der Waals surface area contributed by atoms with Crippen LogP contribution in [0.3, 0.4) is 0 Å². The highest BCUT2D eigenvalue weighted by atomic mass is 19.1. The second-order valence-electron chi connectivity index (χ2n) is 5.96. The van der Waals surface area contributed by atoms with Gasteiger partial charge in [0.25, 0.3) is 0 Å². The van der Waals surface area contributed by atoms with Crippen LogP contribution < -0.4 is 10.1 Å². The first-order valence-electron chi connectivity index (χ1n) is 7.79. The van der Waals surface area contributed by atoms with E-state index in [0.29, 0.717) is 5.75 Å². The van der Waals surface area contributed by atoms with Crippen LogP contribution in [0.5, 0.6) is 5.75 Å². The smallest absolute Gasteiger partial charge is 0.127 e. The van der Waals surface area contributed by atoms with Gasteiger partial charge in [0.15, 0.2) is 0 Å². The minimum Gasteiger partial charge on any atom is -0.490 e. The lowest BCUT2D eigenvalue weighted by molar-refractivity contribution is 0.133. The average molecular weight is 279 g/mol. The second kappa shape index (κ2) is 7.07. The van der Waals surface area contributed by atoms with E-state index >= 15 is 0 Å². The first-order chi connectivity index (χ1) is 9.60. The largest absolute Gasteiger partial charge is 0.490 e. The SMILES string of the molecule is CCNC(C)c1ccc(F)cc1OC1CCC(C)CC1. The summed E-state index contributed by atoms with van der Waals surface area (Å²) in [6, 6.07) is 5.06. The van der Waals surface area contributed by atoms with Gasteiger partial charge < -0.3 is 10.1 Å². The number of hydrogen-bond acceptors (Lipinski definition) is 2. The number of nitrogens with one attached hydrogen (secondary N) is 1. The van der Waals surface area contributed by atoms with Gasteiger partial charge in [0.1, 0.15) is 11.6 Å². The lowest BCUT2D eigenvalue weighted by Crippen LogP contribution is -2.25. The zero-order chi connectivity index (χ0) is 14.5. The molecular weight excluding hydrogens is 253 g/mol. The third kappa shape index (κ3) is 3.95. The van der Waals surface area contributed by atoms with Crippen molar-refractivity contribution in [1.82, 2.24) is 5.32 Å². The Hall–Kier alpha value is -1.09. The van der Waals surface area contributed by atoms with Crippen molar-refractivity contribution >= 4 is 0 Å². The molecule has 20 heavy (non-hydrogen) atoms. The Bertz CT molecular complexity index is 427. The summed E-state index contributed by atoms with van der Waals surface area (Å²) in [6.07, 6.45) is 4.80. The summed E-state index contributed by atoms with van der Waals surface area (Å²) in [5.41, 5.74) is 1.05. The molecule has 0 spiro atoms. The molecule has 1 aromatic carbocycles. The molecule has 0 saturated heterocycles. The average Bonchev–Trinajstić information content (AvgIpc) is 2.42. The van der Waals surface area contributed by atoms with Crippen molar-refractivity contribution in [2.24, 2.45) is 5.92 Å². The molecule has 0 heterocycles. The highest BCUT2D eigenvalue weighted by Crippen LogP contribution is 2.31. The van der Waals surface area contributed by atoms with E-state index in [2.05, 4.69) is 26.1 Å². The molecule has 112 valence electrons. The molecule has 0 aliphatic heterocycles. The maximum absolute atomic E-state index is 13.5. The molecule has 1 fully saturated rings. The Morgan fingerprint density at radius 2 is 2.00 bits per heavy atom. The van der Waals surface area contributed by atoms with Crippen molar-refractivity contribution in [3.63, 3.8) is 0 Å². The first kappa shape index (κ1) is 15.3. The van der Waals surface area contributed by atoms with Gasteiger partial charge in [-0.2, -0.15) is 0 Å². The number of rotatable bonds is 5. The third-order valence-corrected chi connectivity index (χ3v) is 4.21. The summed E-state index contributed by atoms with van der Waals surface area (Å²) in [4.78, 5) is 0. The topological polar surface area (TPSA) is 21.3 Å². The molecule has 1 saturated carbocycles. The van der Waals surface area contributed by atoms with E-state index in [4.69, 9.17) is 4.74 Å². The molecule has 0 amide bonds. The van der Waals surface area contributed by atoms with Gasteiger partial charge in [0, 0.05) is 17.7 Å². The Kier molecular flexibility index (Phi) is 5.41. The van der Waals surface area contributed by atoms with Crippen molar-refractivity contribution in [3.05, 3.63) is 29.6 Å². The maximum atomic E-state index is 13.5. The van der Waals surface area contributed by atoms with Gasteiger partial charge in [-0.25, -0.2) is 4.39 Å². The molecule has 1 N–H and O–H groups in total. The van der Waals surface area contributed by atoms with Crippen LogP contribution in [-0.2, 0) is 0 Å². The fraction of sp³-hybridized carbons (Fsp3) is 0.647. The van der Waals surface area contributed by atoms with E-state index in [1.807, 2.05) is 6.07 Å². The molecule has 3 heteroatoms. The summed E-state index contributed by atoms with van der Waals surface area (Å²) in [5, 5.41) is 3.36. The van der Waals surface area contributed by atoms with Crippen LogP contribution in [0.1, 0.15) is 58.1 Å². The van der Waals surface area contributed by atoms with Crippen molar-refractivity contribution in [2.45, 2.75) is 58.6 Å². The molecule has 0 bridgehead atoms. The normalized spacial score (nSPS) is 24.4. The fourth-order valence-electron chi connectivity index (χ4n) is 2.91. The lowest BCUT2D eigenvalue weighted by Gasteiger charge is -2.28. The minimum atomic E-state index is -0.225. The van der Waals surface area contributed by atoms with E-state index < -0.39 is 0 Å². The predicted molar refractivity (Wildman–Crippen MR) is 80.5 cm³/mol. The minimum absolute atomic E-state index is 0.179.